The summed E-state index contributed by atoms with van der Waals surface area (Å²) in [5.41, 5.74) is 2.22. The van der Waals surface area contributed by atoms with Gasteiger partial charge >= 0.3 is 0 Å². The molecule has 6 heteroatoms. The van der Waals surface area contributed by atoms with Gasteiger partial charge in [-0.15, -0.1) is 0 Å². The van der Waals surface area contributed by atoms with Crippen molar-refractivity contribution in [2.24, 2.45) is 0 Å². The molecule has 0 unspecified atom stereocenters. The number of rotatable bonds is 8. The van der Waals surface area contributed by atoms with E-state index in [0.717, 1.165) is 22.6 Å². The second-order valence-corrected chi connectivity index (χ2v) is 6.83. The molecule has 3 N–H and O–H groups in total. The van der Waals surface area contributed by atoms with Crippen LogP contribution in [0.25, 0.3) is 11.1 Å². The van der Waals surface area contributed by atoms with Crippen molar-refractivity contribution in [1.29, 1.82) is 0 Å². The number of carbonyl (C=O) groups is 2. The quantitative estimate of drug-likeness (QED) is 0.535. The molecule has 3 aromatic rings. The topological polar surface area (TPSA) is 95.9 Å². The predicted octanol–water partition coefficient (Wildman–Crippen LogP) is 3.19. The van der Waals surface area contributed by atoms with Gasteiger partial charge in [-0.3, -0.25) is 9.59 Å². The Hall–Kier alpha value is -3.48. The van der Waals surface area contributed by atoms with Crippen LogP contribution < -0.4 is 10.1 Å². The van der Waals surface area contributed by atoms with Gasteiger partial charge in [-0.2, -0.15) is 0 Å². The first-order chi connectivity index (χ1) is 14.5. The first-order valence-electron chi connectivity index (χ1n) is 9.54. The Kier molecular flexibility index (Phi) is 6.95. The van der Waals surface area contributed by atoms with Crippen LogP contribution in [0.1, 0.15) is 17.3 Å². The summed E-state index contributed by atoms with van der Waals surface area (Å²) in [4.78, 5) is 24.0. The van der Waals surface area contributed by atoms with Crippen LogP contribution in [-0.2, 0) is 4.79 Å². The average molecular weight is 405 g/mol. The van der Waals surface area contributed by atoms with E-state index in [1.54, 1.807) is 24.3 Å². The normalized spacial score (nSPS) is 12.6. The maximum atomic E-state index is 12.4. The number of benzene rings is 3. The van der Waals surface area contributed by atoms with Gasteiger partial charge in [-0.05, 0) is 54.4 Å². The maximum Gasteiger partial charge on any atom is 0.251 e. The second kappa shape index (κ2) is 9.82. The monoisotopic (exact) mass is 405 g/mol. The molecular weight excluding hydrogens is 382 g/mol. The summed E-state index contributed by atoms with van der Waals surface area (Å²) >= 11 is 0. The summed E-state index contributed by atoms with van der Waals surface area (Å²) in [5.74, 6) is 0.336. The van der Waals surface area contributed by atoms with Crippen molar-refractivity contribution in [1.82, 2.24) is 5.32 Å². The van der Waals surface area contributed by atoms with Crippen molar-refractivity contribution < 1.29 is 24.5 Å². The fourth-order valence-electron chi connectivity index (χ4n) is 2.95. The molecule has 6 nitrogen and oxygen atoms in total. The molecule has 0 fully saturated rings. The summed E-state index contributed by atoms with van der Waals surface area (Å²) in [6.07, 6.45) is -1.11. The maximum absolute atomic E-state index is 12.4. The van der Waals surface area contributed by atoms with Crippen LogP contribution in [-0.4, -0.2) is 40.7 Å². The Bertz CT molecular complexity index is 982. The lowest BCUT2D eigenvalue weighted by Gasteiger charge is -2.19. The van der Waals surface area contributed by atoms with Gasteiger partial charge in [0.05, 0.1) is 6.10 Å². The van der Waals surface area contributed by atoms with Crippen molar-refractivity contribution in [3.05, 3.63) is 84.4 Å². The zero-order valence-corrected chi connectivity index (χ0v) is 16.5. The van der Waals surface area contributed by atoms with Gasteiger partial charge in [0, 0.05) is 5.56 Å². The van der Waals surface area contributed by atoms with Crippen LogP contribution in [0.4, 0.5) is 0 Å². The van der Waals surface area contributed by atoms with E-state index in [4.69, 9.17) is 9.84 Å². The van der Waals surface area contributed by atoms with E-state index in [9.17, 15) is 14.7 Å². The Morgan fingerprint density at radius 2 is 1.40 bits per heavy atom. The van der Waals surface area contributed by atoms with Crippen LogP contribution in [0, 0.1) is 0 Å². The second-order valence-electron chi connectivity index (χ2n) is 6.83. The number of aliphatic hydroxyl groups excluding tert-OH is 2. The smallest absolute Gasteiger partial charge is 0.251 e. The average Bonchev–Trinajstić information content (AvgIpc) is 2.78. The van der Waals surface area contributed by atoms with Crippen molar-refractivity contribution in [3.8, 4) is 22.6 Å². The standard InChI is InChI=1S/C24H23NO5/c1-16(27)23(22(28)15-26)25-24(29)19-9-7-17(8-10-19)18-11-13-21(14-12-18)30-20-5-3-2-4-6-20/h2-14,16,23,26-27H,15H2,1H3,(H,25,29)/t16-,23+/m1/s1. The summed E-state index contributed by atoms with van der Waals surface area (Å²) < 4.78 is 5.79. The molecule has 0 heterocycles. The number of hydrogen-bond acceptors (Lipinski definition) is 5. The number of hydrogen-bond donors (Lipinski definition) is 3. The molecule has 0 saturated heterocycles. The lowest BCUT2D eigenvalue weighted by atomic mass is 10.0. The zero-order chi connectivity index (χ0) is 21.5. The number of ketones is 1. The number of aliphatic hydroxyl groups is 2. The van der Waals surface area contributed by atoms with Gasteiger partial charge in [-0.1, -0.05) is 42.5 Å². The molecule has 154 valence electrons. The van der Waals surface area contributed by atoms with Gasteiger partial charge in [0.15, 0.2) is 5.78 Å². The van der Waals surface area contributed by atoms with E-state index in [-0.39, 0.29) is 0 Å². The van der Waals surface area contributed by atoms with Crippen LogP contribution in [0.2, 0.25) is 0 Å². The van der Waals surface area contributed by atoms with Gasteiger partial charge in [-0.25, -0.2) is 0 Å². The van der Waals surface area contributed by atoms with Gasteiger partial charge in [0.25, 0.3) is 5.91 Å². The molecule has 3 aromatic carbocycles. The highest BCUT2D eigenvalue weighted by molar-refractivity contribution is 5.98. The van der Waals surface area contributed by atoms with Crippen LogP contribution in [0.3, 0.4) is 0 Å². The lowest BCUT2D eigenvalue weighted by Crippen LogP contribution is -2.48. The van der Waals surface area contributed by atoms with E-state index in [2.05, 4.69) is 5.32 Å². The first kappa shape index (κ1) is 21.2. The number of ether oxygens (including phenoxy) is 1. The fourth-order valence-corrected chi connectivity index (χ4v) is 2.95. The zero-order valence-electron chi connectivity index (χ0n) is 16.5. The van der Waals surface area contributed by atoms with Crippen molar-refractivity contribution in [3.63, 3.8) is 0 Å². The van der Waals surface area contributed by atoms with Crippen LogP contribution in [0.5, 0.6) is 11.5 Å². The van der Waals surface area contributed by atoms with E-state index in [1.807, 2.05) is 54.6 Å². The third kappa shape index (κ3) is 5.31. The van der Waals surface area contributed by atoms with E-state index >= 15 is 0 Å². The van der Waals surface area contributed by atoms with Crippen molar-refractivity contribution >= 4 is 11.7 Å². The van der Waals surface area contributed by atoms with Gasteiger partial charge < -0.3 is 20.3 Å². The summed E-state index contributed by atoms with van der Waals surface area (Å²) in [6.45, 7) is 0.630. The summed E-state index contributed by atoms with van der Waals surface area (Å²) in [6, 6.07) is 22.8. The molecule has 0 aromatic heterocycles. The van der Waals surface area contributed by atoms with Crippen LogP contribution in [0.15, 0.2) is 78.9 Å². The van der Waals surface area contributed by atoms with Crippen molar-refractivity contribution in [2.75, 3.05) is 6.61 Å². The molecule has 3 rings (SSSR count). The minimum Gasteiger partial charge on any atom is -0.457 e. The van der Waals surface area contributed by atoms with Crippen molar-refractivity contribution in [2.45, 2.75) is 19.1 Å². The highest BCUT2D eigenvalue weighted by Crippen LogP contribution is 2.26. The minimum absolute atomic E-state index is 0.346. The SMILES string of the molecule is C[C@@H](O)[C@H](NC(=O)c1ccc(-c2ccc(Oc3ccccc3)cc2)cc1)C(=O)CO. The molecule has 0 aliphatic heterocycles. The summed E-state index contributed by atoms with van der Waals surface area (Å²) in [7, 11) is 0. The molecule has 0 aliphatic rings. The highest BCUT2D eigenvalue weighted by Gasteiger charge is 2.25. The van der Waals surface area contributed by atoms with E-state index in [0.29, 0.717) is 5.56 Å². The van der Waals surface area contributed by atoms with E-state index in [1.165, 1.54) is 6.92 Å². The number of carbonyl (C=O) groups excluding carboxylic acids is 2. The Labute approximate surface area is 174 Å². The number of amides is 1. The number of para-hydroxylation sites is 1. The Morgan fingerprint density at radius 3 is 1.93 bits per heavy atom. The molecule has 0 aliphatic carbocycles. The highest BCUT2D eigenvalue weighted by atomic mass is 16.5. The fraction of sp³-hybridized carbons (Fsp3) is 0.167. The molecule has 2 atom stereocenters. The molecule has 0 spiro atoms. The molecule has 0 radical (unpaired) electrons. The molecule has 30 heavy (non-hydrogen) atoms. The third-order valence-electron chi connectivity index (χ3n) is 4.59. The predicted molar refractivity (Wildman–Crippen MR) is 113 cm³/mol. The largest absolute Gasteiger partial charge is 0.457 e. The van der Waals surface area contributed by atoms with E-state index < -0.39 is 30.4 Å². The van der Waals surface area contributed by atoms with Crippen LogP contribution >= 0.6 is 0 Å². The molecular formula is C24H23NO5. The first-order valence-corrected chi connectivity index (χ1v) is 9.54. The van der Waals surface area contributed by atoms with Gasteiger partial charge in [0.2, 0.25) is 0 Å². The molecule has 0 saturated carbocycles. The minimum atomic E-state index is -1.15. The number of nitrogens with one attached hydrogen (secondary N) is 1. The molecule has 0 bridgehead atoms. The third-order valence-corrected chi connectivity index (χ3v) is 4.59. The Morgan fingerprint density at radius 1 is 0.867 bits per heavy atom. The lowest BCUT2D eigenvalue weighted by molar-refractivity contribution is -0.125. The number of Topliss-reactive ketones (excluding diaryl/α,β-unsaturated/α-hetero) is 1. The molecule has 1 amide bonds. The van der Waals surface area contributed by atoms with Gasteiger partial charge in [0.1, 0.15) is 24.1 Å². The Balaban J connectivity index is 1.67. The summed E-state index contributed by atoms with van der Waals surface area (Å²) in [5, 5.41) is 21.1.